The first kappa shape index (κ1) is 33.7. The van der Waals surface area contributed by atoms with Crippen LogP contribution in [0.4, 0.5) is 21.6 Å². The molecule has 0 unspecified atom stereocenters. The Bertz CT molecular complexity index is 1960. The molecule has 4 aromatic rings. The molecule has 268 valence electrons. The highest BCUT2D eigenvalue weighted by Gasteiger charge is 2.56. The molecule has 1 aliphatic carbocycles. The lowest BCUT2D eigenvalue weighted by atomic mass is 9.73. The number of aromatic nitrogens is 4. The summed E-state index contributed by atoms with van der Waals surface area (Å²) in [6.07, 6.45) is 10.9. The predicted octanol–water partition coefficient (Wildman–Crippen LogP) is 6.22. The van der Waals surface area contributed by atoms with Gasteiger partial charge in [0.15, 0.2) is 11.6 Å². The van der Waals surface area contributed by atoms with Gasteiger partial charge in [0.2, 0.25) is 5.91 Å². The molecule has 51 heavy (non-hydrogen) atoms. The molecule has 3 aromatic heterocycles. The number of fused-ring (bicyclic) bond motifs is 3. The van der Waals surface area contributed by atoms with Crippen LogP contribution in [0.3, 0.4) is 0 Å². The Hall–Kier alpha value is -4.42. The molecular formula is C39H47FN8O3. The van der Waals surface area contributed by atoms with Crippen molar-refractivity contribution in [2.75, 3.05) is 43.5 Å². The first-order chi connectivity index (χ1) is 24.7. The van der Waals surface area contributed by atoms with Crippen LogP contribution in [0.5, 0.6) is 0 Å². The number of pyridine rings is 2. The monoisotopic (exact) mass is 694 g/mol. The molecule has 2 amide bonds. The number of likely N-dealkylation sites (tertiary alicyclic amines) is 2. The van der Waals surface area contributed by atoms with Crippen LogP contribution >= 0.6 is 0 Å². The number of ether oxygens (including phenoxy) is 1. The topological polar surface area (TPSA) is 109 Å². The number of halogens is 1. The molecule has 0 radical (unpaired) electrons. The summed E-state index contributed by atoms with van der Waals surface area (Å²) in [5.74, 6) is 0.136. The first-order valence-electron chi connectivity index (χ1n) is 18.5. The van der Waals surface area contributed by atoms with Crippen LogP contribution in [0.25, 0.3) is 22.3 Å². The molecule has 6 heterocycles. The molecule has 4 aliphatic rings. The van der Waals surface area contributed by atoms with Crippen molar-refractivity contribution in [2.45, 2.75) is 95.4 Å². The second-order valence-electron chi connectivity index (χ2n) is 15.0. The number of nitrogens with one attached hydrogen (secondary N) is 1. The van der Waals surface area contributed by atoms with E-state index < -0.39 is 17.3 Å². The Morgan fingerprint density at radius 2 is 1.78 bits per heavy atom. The number of methoxy groups -OCH3 is 1. The Kier molecular flexibility index (Phi) is 8.78. The summed E-state index contributed by atoms with van der Waals surface area (Å²) in [7, 11) is 1.55. The molecule has 1 spiro atoms. The molecule has 3 aliphatic heterocycles. The maximum atomic E-state index is 14.8. The normalized spacial score (nSPS) is 22.4. The van der Waals surface area contributed by atoms with E-state index in [9.17, 15) is 14.0 Å². The summed E-state index contributed by atoms with van der Waals surface area (Å²) in [5.41, 5.74) is 4.62. The fourth-order valence-corrected chi connectivity index (χ4v) is 8.70. The smallest absolute Gasteiger partial charge is 0.251 e. The van der Waals surface area contributed by atoms with Crippen LogP contribution in [0, 0.1) is 5.82 Å². The largest absolute Gasteiger partial charge is 0.372 e. The van der Waals surface area contributed by atoms with Gasteiger partial charge in [-0.1, -0.05) is 18.6 Å². The van der Waals surface area contributed by atoms with Crippen LogP contribution in [-0.2, 0) is 19.7 Å². The summed E-state index contributed by atoms with van der Waals surface area (Å²) < 4.78 is 22.2. The molecule has 1 saturated carbocycles. The van der Waals surface area contributed by atoms with E-state index in [1.807, 2.05) is 21.6 Å². The summed E-state index contributed by atoms with van der Waals surface area (Å²) in [5, 5.41) is 3.22. The quantitative estimate of drug-likeness (QED) is 0.232. The van der Waals surface area contributed by atoms with Gasteiger partial charge in [0.1, 0.15) is 11.6 Å². The van der Waals surface area contributed by atoms with Crippen molar-refractivity contribution in [1.29, 1.82) is 0 Å². The van der Waals surface area contributed by atoms with Crippen molar-refractivity contribution < 1.29 is 18.7 Å². The lowest BCUT2D eigenvalue weighted by Gasteiger charge is -2.48. The van der Waals surface area contributed by atoms with Crippen LogP contribution in [-0.4, -0.2) is 92.6 Å². The number of carbonyl (C=O) groups excluding carboxylic acids is 2. The fraction of sp³-hybridized carbons (Fsp3) is 0.513. The third-order valence-electron chi connectivity index (χ3n) is 11.8. The van der Waals surface area contributed by atoms with Gasteiger partial charge in [-0.25, -0.2) is 14.4 Å². The van der Waals surface area contributed by atoms with Crippen molar-refractivity contribution in [2.24, 2.45) is 0 Å². The molecular weight excluding hydrogens is 647 g/mol. The highest BCUT2D eigenvalue weighted by atomic mass is 19.1. The zero-order valence-corrected chi connectivity index (χ0v) is 29.9. The average Bonchev–Trinajstić information content (AvgIpc) is 3.66. The number of benzene rings is 1. The Morgan fingerprint density at radius 1 is 1.02 bits per heavy atom. The van der Waals surface area contributed by atoms with Gasteiger partial charge in [-0.05, 0) is 96.1 Å². The molecule has 2 saturated heterocycles. The number of rotatable bonds is 8. The number of hydrogen-bond donors (Lipinski definition) is 1. The van der Waals surface area contributed by atoms with Crippen molar-refractivity contribution in [3.05, 3.63) is 60.4 Å². The Labute approximate surface area is 298 Å². The van der Waals surface area contributed by atoms with E-state index in [1.54, 1.807) is 32.6 Å². The first-order valence-corrected chi connectivity index (χ1v) is 18.5. The third kappa shape index (κ3) is 5.76. The van der Waals surface area contributed by atoms with E-state index >= 15 is 0 Å². The van der Waals surface area contributed by atoms with E-state index in [2.05, 4.69) is 46.1 Å². The molecule has 3 fully saturated rings. The SMILES string of the molecule is CO[C@H](C)C(=O)N1CCC2(CC1)C(=O)N(C1CC(N3CCCCC3)C1)c1cc(-c3cc4ncn(C(C)C)c4c(Nc4ccncc4F)n3)ccc12. The van der Waals surface area contributed by atoms with E-state index in [0.717, 1.165) is 53.8 Å². The van der Waals surface area contributed by atoms with Gasteiger partial charge in [-0.15, -0.1) is 0 Å². The van der Waals surface area contributed by atoms with Gasteiger partial charge in [-0.2, -0.15) is 0 Å². The highest BCUT2D eigenvalue weighted by Crippen LogP contribution is 2.52. The second-order valence-corrected chi connectivity index (χ2v) is 15.0. The maximum Gasteiger partial charge on any atom is 0.251 e. The predicted molar refractivity (Wildman–Crippen MR) is 195 cm³/mol. The van der Waals surface area contributed by atoms with E-state index in [0.29, 0.717) is 43.5 Å². The van der Waals surface area contributed by atoms with Gasteiger partial charge in [0, 0.05) is 55.8 Å². The standard InChI is InChI=1S/C39H47FN8O3/c1-24(2)47-23-42-33-21-32(44-36(35(33)47)43-31-10-13-41-22-30(31)40)26-8-9-29-34(18-26)48(28-19-27(20-28)45-14-6-5-7-15-45)38(50)39(29)11-16-46(17-12-39)37(49)25(3)51-4/h8-10,13,18,21-25,27-28H,5-7,11-12,14-17,19-20H2,1-4H3,(H,41,43,44)/t25-,27?,28?/m1/s1. The number of amides is 2. The van der Waals surface area contributed by atoms with E-state index in [-0.39, 0.29) is 29.6 Å². The highest BCUT2D eigenvalue weighted by molar-refractivity contribution is 6.09. The van der Waals surface area contributed by atoms with Crippen molar-refractivity contribution in [3.63, 3.8) is 0 Å². The molecule has 1 N–H and O–H groups in total. The van der Waals surface area contributed by atoms with Crippen molar-refractivity contribution in [3.8, 4) is 11.3 Å². The summed E-state index contributed by atoms with van der Waals surface area (Å²) in [4.78, 5) is 48.1. The molecule has 1 aromatic carbocycles. The van der Waals surface area contributed by atoms with Gasteiger partial charge in [0.25, 0.3) is 5.91 Å². The maximum absolute atomic E-state index is 14.8. The van der Waals surface area contributed by atoms with Gasteiger partial charge < -0.3 is 29.3 Å². The zero-order chi connectivity index (χ0) is 35.4. The molecule has 12 heteroatoms. The fourth-order valence-electron chi connectivity index (χ4n) is 8.70. The lowest BCUT2D eigenvalue weighted by Crippen LogP contribution is -2.58. The van der Waals surface area contributed by atoms with Crippen LogP contribution in [0.1, 0.15) is 77.3 Å². The second kappa shape index (κ2) is 13.3. The van der Waals surface area contributed by atoms with Gasteiger partial charge in [0.05, 0.1) is 34.8 Å². The summed E-state index contributed by atoms with van der Waals surface area (Å²) in [6, 6.07) is 10.6. The number of carbonyl (C=O) groups is 2. The third-order valence-corrected chi connectivity index (χ3v) is 11.8. The molecule has 11 nitrogen and oxygen atoms in total. The minimum absolute atomic E-state index is 0.0361. The number of hydrogen-bond acceptors (Lipinski definition) is 8. The van der Waals surface area contributed by atoms with Crippen LogP contribution in [0.2, 0.25) is 0 Å². The Balaban J connectivity index is 1.17. The zero-order valence-electron chi connectivity index (χ0n) is 29.9. The van der Waals surface area contributed by atoms with Crippen LogP contribution < -0.4 is 10.2 Å². The minimum atomic E-state index is -0.684. The summed E-state index contributed by atoms with van der Waals surface area (Å²) in [6.45, 7) is 9.21. The molecule has 0 bridgehead atoms. The molecule has 8 rings (SSSR count). The number of nitrogens with zero attached hydrogens (tertiary/aromatic N) is 7. The number of imidazole rings is 1. The van der Waals surface area contributed by atoms with Crippen LogP contribution in [0.15, 0.2) is 49.1 Å². The van der Waals surface area contributed by atoms with Crippen molar-refractivity contribution in [1.82, 2.24) is 29.3 Å². The van der Waals surface area contributed by atoms with E-state index in [1.165, 1.54) is 25.5 Å². The lowest BCUT2D eigenvalue weighted by molar-refractivity contribution is -0.144. The number of anilines is 3. The minimum Gasteiger partial charge on any atom is -0.372 e. The number of piperidine rings is 2. The van der Waals surface area contributed by atoms with Gasteiger partial charge in [-0.3, -0.25) is 14.6 Å². The van der Waals surface area contributed by atoms with E-state index in [4.69, 9.17) is 14.7 Å². The van der Waals surface area contributed by atoms with Gasteiger partial charge >= 0.3 is 0 Å². The van der Waals surface area contributed by atoms with Crippen molar-refractivity contribution >= 4 is 40.0 Å². The average molecular weight is 695 g/mol. The summed E-state index contributed by atoms with van der Waals surface area (Å²) >= 11 is 0. The molecule has 1 atom stereocenters. The Morgan fingerprint density at radius 3 is 2.49 bits per heavy atom.